The van der Waals surface area contributed by atoms with E-state index in [-0.39, 0.29) is 42.4 Å². The van der Waals surface area contributed by atoms with E-state index in [0.29, 0.717) is 5.69 Å². The Morgan fingerprint density at radius 2 is 2.10 bits per heavy atom. The number of H-pyrrole nitrogens is 1. The van der Waals surface area contributed by atoms with Crippen LogP contribution < -0.4 is 10.7 Å². The molecule has 0 aromatic carbocycles. The molecule has 1 aromatic rings. The minimum atomic E-state index is -0.652. The van der Waals surface area contributed by atoms with Crippen LogP contribution >= 0.6 is 0 Å². The number of nitrogens with one attached hydrogen (secondary N) is 2. The molecule has 0 spiro atoms. The lowest BCUT2D eigenvalue weighted by Crippen LogP contribution is -2.44. The predicted molar refractivity (Wildman–Crippen MR) is 68.5 cm³/mol. The predicted octanol–water partition coefficient (Wildman–Crippen LogP) is -1.06. The lowest BCUT2D eigenvalue weighted by Gasteiger charge is -2.17. The van der Waals surface area contributed by atoms with Crippen molar-refractivity contribution in [3.05, 3.63) is 33.7 Å². The monoisotopic (exact) mass is 280 g/mol. The van der Waals surface area contributed by atoms with E-state index in [4.69, 9.17) is 9.47 Å². The highest BCUT2D eigenvalue weighted by Gasteiger charge is 2.47. The summed E-state index contributed by atoms with van der Waals surface area (Å²) in [5.41, 5.74) is 0.604. The number of carbonyl (C=O) groups excluding carboxylic acids is 1. The Hall–Kier alpha value is -1.70. The van der Waals surface area contributed by atoms with Crippen molar-refractivity contribution < 1.29 is 19.4 Å². The van der Waals surface area contributed by atoms with Gasteiger partial charge in [-0.1, -0.05) is 0 Å². The molecule has 7 nitrogen and oxygen atoms in total. The Morgan fingerprint density at radius 3 is 2.85 bits per heavy atom. The molecular formula is C13H16N2O5. The van der Waals surface area contributed by atoms with Gasteiger partial charge in [-0.2, -0.15) is 0 Å². The summed E-state index contributed by atoms with van der Waals surface area (Å²) in [7, 11) is 0. The molecule has 0 aliphatic carbocycles. The van der Waals surface area contributed by atoms with E-state index in [1.165, 1.54) is 12.1 Å². The molecule has 2 aliphatic heterocycles. The number of hydrogen-bond donors (Lipinski definition) is 3. The fraction of sp³-hybridized carbons (Fsp3) is 0.538. The van der Waals surface area contributed by atoms with Crippen LogP contribution in [0.5, 0.6) is 0 Å². The molecule has 2 fully saturated rings. The fourth-order valence-corrected chi connectivity index (χ4v) is 2.65. The lowest BCUT2D eigenvalue weighted by molar-refractivity contribution is 0.0178. The number of aryl methyl sites for hydroxylation is 1. The maximum atomic E-state index is 12.1. The first-order chi connectivity index (χ1) is 9.54. The summed E-state index contributed by atoms with van der Waals surface area (Å²) < 4.78 is 10.8. The maximum Gasteiger partial charge on any atom is 0.268 e. The molecular weight excluding hydrogens is 264 g/mol. The van der Waals surface area contributed by atoms with E-state index < -0.39 is 12.2 Å². The number of hydrogen-bond acceptors (Lipinski definition) is 5. The van der Waals surface area contributed by atoms with Crippen LogP contribution in [0.1, 0.15) is 16.2 Å². The van der Waals surface area contributed by atoms with E-state index in [1.807, 2.05) is 0 Å². The molecule has 2 saturated heterocycles. The number of amides is 1. The van der Waals surface area contributed by atoms with E-state index >= 15 is 0 Å². The van der Waals surface area contributed by atoms with Gasteiger partial charge >= 0.3 is 0 Å². The van der Waals surface area contributed by atoms with Gasteiger partial charge in [0.05, 0.1) is 19.3 Å². The van der Waals surface area contributed by atoms with Crippen LogP contribution in [-0.4, -0.2) is 53.6 Å². The van der Waals surface area contributed by atoms with Crippen molar-refractivity contribution in [2.45, 2.75) is 31.3 Å². The molecule has 2 aliphatic rings. The van der Waals surface area contributed by atoms with E-state index in [9.17, 15) is 14.7 Å². The number of ether oxygens (including phenoxy) is 2. The summed E-state index contributed by atoms with van der Waals surface area (Å²) in [6.45, 7) is 2.21. The Morgan fingerprint density at radius 1 is 1.35 bits per heavy atom. The number of fused-ring (bicyclic) bond motifs is 1. The minimum Gasteiger partial charge on any atom is -0.388 e. The third-order valence-electron chi connectivity index (χ3n) is 3.57. The van der Waals surface area contributed by atoms with Gasteiger partial charge in [0.15, 0.2) is 5.43 Å². The fourth-order valence-electron chi connectivity index (χ4n) is 2.65. The summed E-state index contributed by atoms with van der Waals surface area (Å²) in [5, 5.41) is 12.4. The van der Waals surface area contributed by atoms with Gasteiger partial charge in [0.2, 0.25) is 0 Å². The Labute approximate surface area is 114 Å². The van der Waals surface area contributed by atoms with Gasteiger partial charge in [-0.15, -0.1) is 0 Å². The van der Waals surface area contributed by atoms with E-state index in [0.717, 1.165) is 0 Å². The molecule has 0 saturated carbocycles. The first kappa shape index (κ1) is 13.3. The summed E-state index contributed by atoms with van der Waals surface area (Å²) in [6, 6.07) is 2.34. The zero-order chi connectivity index (χ0) is 14.3. The van der Waals surface area contributed by atoms with Crippen molar-refractivity contribution in [1.29, 1.82) is 0 Å². The van der Waals surface area contributed by atoms with Crippen molar-refractivity contribution in [1.82, 2.24) is 10.3 Å². The van der Waals surface area contributed by atoms with E-state index in [2.05, 4.69) is 10.3 Å². The highest BCUT2D eigenvalue weighted by Crippen LogP contribution is 2.26. The smallest absolute Gasteiger partial charge is 0.268 e. The number of carbonyl (C=O) groups is 1. The second-order valence-corrected chi connectivity index (χ2v) is 5.16. The molecule has 3 heterocycles. The zero-order valence-electron chi connectivity index (χ0n) is 11.0. The molecule has 3 N–H and O–H groups in total. The molecule has 0 radical (unpaired) electrons. The molecule has 7 heteroatoms. The van der Waals surface area contributed by atoms with Gasteiger partial charge in [0, 0.05) is 17.8 Å². The molecule has 4 atom stereocenters. The molecule has 20 heavy (non-hydrogen) atoms. The molecule has 108 valence electrons. The highest BCUT2D eigenvalue weighted by molar-refractivity contribution is 5.92. The lowest BCUT2D eigenvalue weighted by atomic mass is 10.1. The topological polar surface area (TPSA) is 101 Å². The number of aliphatic hydroxyl groups is 1. The van der Waals surface area contributed by atoms with Crippen molar-refractivity contribution in [2.24, 2.45) is 0 Å². The molecule has 1 aromatic heterocycles. The van der Waals surface area contributed by atoms with Gasteiger partial charge < -0.3 is 24.9 Å². The van der Waals surface area contributed by atoms with Gasteiger partial charge in [-0.05, 0) is 6.92 Å². The van der Waals surface area contributed by atoms with Crippen molar-refractivity contribution >= 4 is 5.91 Å². The van der Waals surface area contributed by atoms with E-state index in [1.54, 1.807) is 6.92 Å². The maximum absolute atomic E-state index is 12.1. The molecule has 0 bridgehead atoms. The minimum absolute atomic E-state index is 0.206. The van der Waals surface area contributed by atoms with Gasteiger partial charge in [-0.3, -0.25) is 9.59 Å². The molecule has 0 unspecified atom stereocenters. The largest absolute Gasteiger partial charge is 0.388 e. The Kier molecular flexibility index (Phi) is 3.33. The van der Waals surface area contributed by atoms with Crippen LogP contribution in [0.2, 0.25) is 0 Å². The average molecular weight is 280 g/mol. The highest BCUT2D eigenvalue weighted by atomic mass is 16.6. The van der Waals surface area contributed by atoms with Gasteiger partial charge in [0.25, 0.3) is 5.91 Å². The van der Waals surface area contributed by atoms with Crippen LogP contribution in [0, 0.1) is 6.92 Å². The SMILES string of the molecule is Cc1cc(=O)cc(C(=O)N[C@H]2CO[C@H]3[C@@H]2OC[C@H]3O)[nH]1. The number of aromatic nitrogens is 1. The summed E-state index contributed by atoms with van der Waals surface area (Å²) in [6.07, 6.45) is -1.39. The van der Waals surface area contributed by atoms with Crippen LogP contribution in [0.4, 0.5) is 0 Å². The second kappa shape index (κ2) is 5.01. The Balaban J connectivity index is 1.72. The van der Waals surface area contributed by atoms with Crippen LogP contribution in [0.15, 0.2) is 16.9 Å². The van der Waals surface area contributed by atoms with Crippen LogP contribution in [-0.2, 0) is 9.47 Å². The van der Waals surface area contributed by atoms with Crippen molar-refractivity contribution in [3.63, 3.8) is 0 Å². The van der Waals surface area contributed by atoms with Crippen LogP contribution in [0.25, 0.3) is 0 Å². The molecule has 1 amide bonds. The summed E-state index contributed by atoms with van der Waals surface area (Å²) >= 11 is 0. The summed E-state index contributed by atoms with van der Waals surface area (Å²) in [5.74, 6) is -0.384. The quantitative estimate of drug-likeness (QED) is 0.641. The van der Waals surface area contributed by atoms with Crippen molar-refractivity contribution in [2.75, 3.05) is 13.2 Å². The standard InChI is InChI=1S/C13H16N2O5/c1-6-2-7(16)3-8(14-6)13(18)15-9-4-19-12-10(17)5-20-11(9)12/h2-3,9-12,17H,4-5H2,1H3,(H,14,16)(H,15,18)/t9-,10+,11+,12+/m0/s1. The van der Waals surface area contributed by atoms with Gasteiger partial charge in [-0.25, -0.2) is 0 Å². The number of aliphatic hydroxyl groups excluding tert-OH is 1. The zero-order valence-corrected chi connectivity index (χ0v) is 11.0. The number of rotatable bonds is 2. The van der Waals surface area contributed by atoms with Crippen molar-refractivity contribution in [3.8, 4) is 0 Å². The average Bonchev–Trinajstić information content (AvgIpc) is 2.93. The number of pyridine rings is 1. The summed E-state index contributed by atoms with van der Waals surface area (Å²) in [4.78, 5) is 26.4. The first-order valence-corrected chi connectivity index (χ1v) is 6.48. The normalized spacial score (nSPS) is 32.1. The van der Waals surface area contributed by atoms with Crippen LogP contribution in [0.3, 0.4) is 0 Å². The third-order valence-corrected chi connectivity index (χ3v) is 3.57. The van der Waals surface area contributed by atoms with Gasteiger partial charge in [0.1, 0.15) is 24.0 Å². The first-order valence-electron chi connectivity index (χ1n) is 6.48. The Bertz CT molecular complexity index is 584. The third kappa shape index (κ3) is 2.35. The molecule has 3 rings (SSSR count). The second-order valence-electron chi connectivity index (χ2n) is 5.16. The number of aromatic amines is 1.